The van der Waals surface area contributed by atoms with Crippen LogP contribution in [0.25, 0.3) is 10.9 Å². The number of benzene rings is 1. The smallest absolute Gasteiger partial charge is 0.410 e. The summed E-state index contributed by atoms with van der Waals surface area (Å²) in [5.74, 6) is -4.85. The van der Waals surface area contributed by atoms with E-state index in [1.54, 1.807) is 25.7 Å². The zero-order valence-corrected chi connectivity index (χ0v) is 35.2. The van der Waals surface area contributed by atoms with Gasteiger partial charge in [0.2, 0.25) is 0 Å². The van der Waals surface area contributed by atoms with Gasteiger partial charge in [0.1, 0.15) is 23.9 Å². The van der Waals surface area contributed by atoms with E-state index in [4.69, 9.17) is 23.7 Å². The van der Waals surface area contributed by atoms with Gasteiger partial charge in [0.25, 0.3) is 0 Å². The number of methoxy groups -OCH3 is 1. The van der Waals surface area contributed by atoms with Gasteiger partial charge in [-0.15, -0.1) is 0 Å². The average Bonchev–Trinajstić information content (AvgIpc) is 3.70. The number of hydrogen-bond donors (Lipinski definition) is 1. The number of esters is 1. The van der Waals surface area contributed by atoms with E-state index < -0.39 is 83.4 Å². The molecular weight excluding hydrogens is 718 g/mol. The Hall–Kier alpha value is -3.36. The molecule has 3 aliphatic rings. The van der Waals surface area contributed by atoms with Crippen LogP contribution in [0.4, 0.5) is 4.79 Å². The lowest BCUT2D eigenvalue weighted by atomic mass is 9.73. The van der Waals surface area contributed by atoms with Crippen LogP contribution < -0.4 is 0 Å². The van der Waals surface area contributed by atoms with Crippen molar-refractivity contribution < 1.29 is 48.0 Å². The highest BCUT2D eigenvalue weighted by Crippen LogP contribution is 2.43. The number of aliphatic hydroxyl groups excluding tert-OH is 1. The topological polar surface area (TPSA) is 146 Å². The summed E-state index contributed by atoms with van der Waals surface area (Å²) >= 11 is 0. The molecule has 4 heterocycles. The number of nitrogens with zero attached hydrogens (tertiary/aromatic N) is 3. The summed E-state index contributed by atoms with van der Waals surface area (Å²) in [5, 5.41) is 12.6. The summed E-state index contributed by atoms with van der Waals surface area (Å²) in [5.41, 5.74) is -1.50. The average molecular weight is 784 g/mol. The van der Waals surface area contributed by atoms with Gasteiger partial charge in [0.05, 0.1) is 23.9 Å². The van der Waals surface area contributed by atoms with Gasteiger partial charge in [-0.2, -0.15) is 0 Å². The van der Waals surface area contributed by atoms with Crippen LogP contribution in [0.5, 0.6) is 0 Å². The molecule has 0 aliphatic carbocycles. The first-order valence-electron chi connectivity index (χ1n) is 20.4. The minimum Gasteiger partial charge on any atom is -0.458 e. The summed E-state index contributed by atoms with van der Waals surface area (Å²) < 4.78 is 33.4. The van der Waals surface area contributed by atoms with E-state index in [2.05, 4.69) is 29.0 Å². The second kappa shape index (κ2) is 17.6. The Kier molecular flexibility index (Phi) is 13.8. The van der Waals surface area contributed by atoms with Crippen LogP contribution in [0.2, 0.25) is 0 Å². The summed E-state index contributed by atoms with van der Waals surface area (Å²) in [4.78, 5) is 60.3. The largest absolute Gasteiger partial charge is 0.458 e. The second-order valence-electron chi connectivity index (χ2n) is 17.2. The van der Waals surface area contributed by atoms with E-state index >= 15 is 0 Å². The van der Waals surface area contributed by atoms with Crippen LogP contribution in [-0.4, -0.2) is 125 Å². The Morgan fingerprint density at radius 3 is 2.29 bits per heavy atom. The van der Waals surface area contributed by atoms with Crippen LogP contribution in [-0.2, 0) is 44.6 Å². The molecule has 312 valence electrons. The molecule has 13 nitrogen and oxygen atoms in total. The summed E-state index contributed by atoms with van der Waals surface area (Å²) in [6.07, 6.45) is -0.466. The summed E-state index contributed by atoms with van der Waals surface area (Å²) in [7, 11) is 5.26. The number of likely N-dealkylation sites (N-methyl/N-ethyl adjacent to an activating group) is 1. The van der Waals surface area contributed by atoms with Gasteiger partial charge in [-0.25, -0.2) is 4.79 Å². The number of amides is 1. The van der Waals surface area contributed by atoms with Crippen molar-refractivity contribution >= 4 is 34.5 Å². The maximum atomic E-state index is 14.7. The van der Waals surface area contributed by atoms with Crippen molar-refractivity contribution in [1.82, 2.24) is 14.4 Å². The molecule has 5 rings (SSSR count). The number of aliphatic hydroxyl groups is 1. The molecule has 0 saturated carbocycles. The van der Waals surface area contributed by atoms with Gasteiger partial charge >= 0.3 is 12.1 Å². The van der Waals surface area contributed by atoms with Crippen LogP contribution in [0.15, 0.2) is 36.5 Å². The molecular formula is C43H65N3O10. The van der Waals surface area contributed by atoms with Crippen molar-refractivity contribution in [2.75, 3.05) is 27.7 Å². The van der Waals surface area contributed by atoms with Crippen molar-refractivity contribution in [2.24, 2.45) is 23.7 Å². The van der Waals surface area contributed by atoms with Crippen molar-refractivity contribution in [3.8, 4) is 0 Å². The molecule has 2 aromatic rings. The van der Waals surface area contributed by atoms with E-state index in [0.717, 1.165) is 23.9 Å². The molecule has 1 N–H and O–H groups in total. The molecule has 1 amide bonds. The van der Waals surface area contributed by atoms with E-state index in [0.29, 0.717) is 19.4 Å². The number of rotatable bonds is 10. The highest BCUT2D eigenvalue weighted by atomic mass is 16.7. The number of aryl methyl sites for hydroxylation is 1. The van der Waals surface area contributed by atoms with Crippen molar-refractivity contribution in [3.63, 3.8) is 0 Å². The summed E-state index contributed by atoms with van der Waals surface area (Å²) in [6.45, 7) is 15.1. The van der Waals surface area contributed by atoms with Crippen molar-refractivity contribution in [3.05, 3.63) is 36.5 Å². The molecule has 1 aromatic carbocycles. The lowest BCUT2D eigenvalue weighted by molar-refractivity contribution is -0.295. The number of cyclic esters (lactones) is 1. The molecule has 3 saturated heterocycles. The van der Waals surface area contributed by atoms with Gasteiger partial charge in [-0.05, 0) is 91.4 Å². The van der Waals surface area contributed by atoms with E-state index in [1.807, 2.05) is 58.8 Å². The van der Waals surface area contributed by atoms with Crippen molar-refractivity contribution in [1.29, 1.82) is 0 Å². The number of fused-ring (bicyclic) bond motifs is 2. The van der Waals surface area contributed by atoms with E-state index in [1.165, 1.54) is 14.0 Å². The summed E-state index contributed by atoms with van der Waals surface area (Å²) in [6, 6.07) is 9.23. The number of carbonyl (C=O) groups is 4. The Labute approximate surface area is 332 Å². The Bertz CT molecular complexity index is 1710. The van der Waals surface area contributed by atoms with Crippen molar-refractivity contribution in [2.45, 2.75) is 148 Å². The van der Waals surface area contributed by atoms with E-state index in [-0.39, 0.29) is 30.8 Å². The highest BCUT2D eigenvalue weighted by molar-refractivity contribution is 6.00. The van der Waals surface area contributed by atoms with Gasteiger partial charge < -0.3 is 43.2 Å². The zero-order chi connectivity index (χ0) is 41.3. The first kappa shape index (κ1) is 43.8. The third-order valence-electron chi connectivity index (χ3n) is 12.9. The molecule has 3 fully saturated rings. The number of ether oxygens (including phenoxy) is 5. The number of hydrogen-bond acceptors (Lipinski definition) is 11. The fourth-order valence-corrected chi connectivity index (χ4v) is 9.61. The monoisotopic (exact) mass is 783 g/mol. The minimum absolute atomic E-state index is 0.133. The van der Waals surface area contributed by atoms with Crippen LogP contribution in [0, 0.1) is 23.7 Å². The third kappa shape index (κ3) is 8.57. The Morgan fingerprint density at radius 1 is 0.946 bits per heavy atom. The molecule has 56 heavy (non-hydrogen) atoms. The number of ketones is 2. The maximum Gasteiger partial charge on any atom is 0.410 e. The third-order valence-corrected chi connectivity index (χ3v) is 12.9. The number of para-hydroxylation sites is 1. The first-order chi connectivity index (χ1) is 26.4. The number of unbranched alkanes of at least 4 members (excludes halogenated alkanes) is 1. The Morgan fingerprint density at radius 2 is 1.62 bits per heavy atom. The number of Topliss-reactive ketones (excluding diaryl/α,β-unsaturated/α-hetero) is 2. The molecule has 1 unspecified atom stereocenters. The second-order valence-corrected chi connectivity index (χ2v) is 17.2. The van der Waals surface area contributed by atoms with Gasteiger partial charge in [0, 0.05) is 55.7 Å². The molecule has 13 atom stereocenters. The molecule has 3 aliphatic heterocycles. The molecule has 0 radical (unpaired) electrons. The van der Waals surface area contributed by atoms with Crippen LogP contribution in [0.3, 0.4) is 0 Å². The van der Waals surface area contributed by atoms with Gasteiger partial charge in [-0.1, -0.05) is 45.9 Å². The van der Waals surface area contributed by atoms with Gasteiger partial charge in [0.15, 0.2) is 17.7 Å². The Balaban J connectivity index is 1.46. The predicted molar refractivity (Wildman–Crippen MR) is 211 cm³/mol. The fraction of sp³-hybridized carbons (Fsp3) is 0.721. The lowest BCUT2D eigenvalue weighted by Gasteiger charge is -2.47. The maximum absolute atomic E-state index is 14.7. The molecule has 0 bridgehead atoms. The number of aromatic nitrogens is 1. The SMILES string of the molecule is CCC1OC(=O)[C@H](C)C(=O)[C@H](C)[C@@H](O[C@@H]2O[C@H](C)C[C@H](N(C)C)[C@H]2O)[C@](C)(OC)C[C@@H](C)C(=O)[C@H](C)[C@H]2N(CCCCn3ccc4ccccc43)C(=O)O[C@]12C. The molecule has 13 heteroatoms. The molecule has 1 aromatic heterocycles. The number of carbonyl (C=O) groups excluding carboxylic acids is 4. The zero-order valence-electron chi connectivity index (χ0n) is 35.2. The molecule has 0 spiro atoms. The lowest BCUT2D eigenvalue weighted by Crippen LogP contribution is -2.60. The quantitative estimate of drug-likeness (QED) is 0.182. The standard InChI is InChI=1S/C43H65N3O10/c1-12-33-43(8)37(46(41(51)56-43)21-16-15-20-45-22-19-30-17-13-14-18-31(30)45)27(4)34(47)25(2)24-42(7,52-11)38(28(5)35(48)29(6)39(50)54-33)55-40-36(49)32(44(9)10)23-26(3)53-40/h13-14,17-19,22,25-29,32-33,36-38,40,49H,12,15-16,20-21,23-24H2,1-11H3/t25-,26-,27+,28+,29-,32+,33?,36-,37-,38-,40+,42-,43-/m1/s1. The minimum atomic E-state index is -1.38. The van der Waals surface area contributed by atoms with E-state index in [9.17, 15) is 24.3 Å². The highest BCUT2D eigenvalue weighted by Gasteiger charge is 2.60. The van der Waals surface area contributed by atoms with Crippen LogP contribution >= 0.6 is 0 Å². The first-order valence-corrected chi connectivity index (χ1v) is 20.4. The fourth-order valence-electron chi connectivity index (χ4n) is 9.61. The van der Waals surface area contributed by atoms with Gasteiger partial charge in [-0.3, -0.25) is 14.4 Å². The normalized spacial score (nSPS) is 37.7. The van der Waals surface area contributed by atoms with Crippen LogP contribution in [0.1, 0.15) is 87.5 Å². The predicted octanol–water partition coefficient (Wildman–Crippen LogP) is 5.63.